The molecule has 0 atom stereocenters. The molecule has 1 aliphatic rings. The van der Waals surface area contributed by atoms with Gasteiger partial charge in [0.1, 0.15) is 5.01 Å². The van der Waals surface area contributed by atoms with Crippen LogP contribution in [0.25, 0.3) is 10.6 Å². The Morgan fingerprint density at radius 1 is 1.29 bits per heavy atom. The molecule has 0 saturated heterocycles. The molecule has 1 heterocycles. The largest absolute Gasteiger partial charge is 0.353 e. The van der Waals surface area contributed by atoms with E-state index in [0.717, 1.165) is 34.8 Å². The van der Waals surface area contributed by atoms with Gasteiger partial charge in [-0.15, -0.1) is 11.3 Å². The Balaban J connectivity index is 1.64. The summed E-state index contributed by atoms with van der Waals surface area (Å²) >= 11 is 1.51. The average Bonchev–Trinajstić information content (AvgIpc) is 3.18. The summed E-state index contributed by atoms with van der Waals surface area (Å²) in [5, 5.41) is 8.63. The van der Waals surface area contributed by atoms with Gasteiger partial charge >= 0.3 is 0 Å². The molecule has 1 aromatic heterocycles. The van der Waals surface area contributed by atoms with Crippen molar-refractivity contribution >= 4 is 28.8 Å². The van der Waals surface area contributed by atoms with E-state index in [2.05, 4.69) is 15.6 Å². The predicted octanol–water partition coefficient (Wildman–Crippen LogP) is 3.37. The van der Waals surface area contributed by atoms with Gasteiger partial charge in [0.25, 0.3) is 0 Å². The molecule has 1 fully saturated rings. The van der Waals surface area contributed by atoms with Crippen molar-refractivity contribution in [2.75, 3.05) is 5.32 Å². The van der Waals surface area contributed by atoms with Crippen molar-refractivity contribution in [1.29, 1.82) is 0 Å². The van der Waals surface area contributed by atoms with Gasteiger partial charge in [-0.2, -0.15) is 0 Å². The maximum atomic E-state index is 12.1. The van der Waals surface area contributed by atoms with Crippen molar-refractivity contribution < 1.29 is 9.59 Å². The molecule has 0 spiro atoms. The summed E-state index contributed by atoms with van der Waals surface area (Å²) in [5.74, 6) is -0.0543. The quantitative estimate of drug-likeness (QED) is 0.874. The van der Waals surface area contributed by atoms with Crippen LogP contribution in [0.1, 0.15) is 38.3 Å². The zero-order valence-corrected chi connectivity index (χ0v) is 14.5. The van der Waals surface area contributed by atoms with Gasteiger partial charge in [-0.25, -0.2) is 4.98 Å². The highest BCUT2D eigenvalue weighted by molar-refractivity contribution is 7.13. The van der Waals surface area contributed by atoms with E-state index in [1.165, 1.54) is 31.1 Å². The molecule has 2 amide bonds. The second-order valence-electron chi connectivity index (χ2n) is 6.13. The normalized spacial score (nSPS) is 14.5. The predicted molar refractivity (Wildman–Crippen MR) is 96.0 cm³/mol. The minimum Gasteiger partial charge on any atom is -0.353 e. The van der Waals surface area contributed by atoms with E-state index >= 15 is 0 Å². The molecule has 0 unspecified atom stereocenters. The highest BCUT2D eigenvalue weighted by Gasteiger charge is 2.18. The first-order chi connectivity index (χ1) is 11.6. The number of hydrogen-bond donors (Lipinski definition) is 2. The number of hydrogen-bond acceptors (Lipinski definition) is 4. The Hall–Kier alpha value is -2.21. The molecule has 1 saturated carbocycles. The second kappa shape index (κ2) is 7.57. The lowest BCUT2D eigenvalue weighted by Gasteiger charge is -2.10. The Morgan fingerprint density at radius 3 is 2.83 bits per heavy atom. The van der Waals surface area contributed by atoms with Crippen molar-refractivity contribution in [1.82, 2.24) is 10.3 Å². The van der Waals surface area contributed by atoms with Crippen molar-refractivity contribution in [2.45, 2.75) is 45.1 Å². The van der Waals surface area contributed by atoms with Crippen LogP contribution >= 0.6 is 11.3 Å². The van der Waals surface area contributed by atoms with E-state index in [0.29, 0.717) is 12.5 Å². The van der Waals surface area contributed by atoms with Crippen LogP contribution in [0.5, 0.6) is 0 Å². The molecular weight excluding hydrogens is 322 g/mol. The minimum atomic E-state index is -0.101. The Bertz CT molecular complexity index is 735. The Kier molecular flexibility index (Phi) is 5.25. The number of amides is 2. The maximum absolute atomic E-state index is 12.1. The molecule has 1 aliphatic carbocycles. The number of aromatic nitrogens is 1. The lowest BCUT2D eigenvalue weighted by Crippen LogP contribution is -2.33. The lowest BCUT2D eigenvalue weighted by molar-refractivity contribution is -0.121. The summed E-state index contributed by atoms with van der Waals surface area (Å²) < 4.78 is 0. The van der Waals surface area contributed by atoms with Gasteiger partial charge in [-0.05, 0) is 25.0 Å². The first-order valence-corrected chi connectivity index (χ1v) is 9.10. The van der Waals surface area contributed by atoms with Crippen LogP contribution in [0.2, 0.25) is 0 Å². The summed E-state index contributed by atoms with van der Waals surface area (Å²) in [6.07, 6.45) is 4.90. The third-order valence-electron chi connectivity index (χ3n) is 4.04. The summed E-state index contributed by atoms with van der Waals surface area (Å²) in [6, 6.07) is 7.91. The summed E-state index contributed by atoms with van der Waals surface area (Å²) in [4.78, 5) is 27.8. The van der Waals surface area contributed by atoms with Crippen LogP contribution in [0.4, 0.5) is 5.69 Å². The highest BCUT2D eigenvalue weighted by atomic mass is 32.1. The highest BCUT2D eigenvalue weighted by Crippen LogP contribution is 2.26. The van der Waals surface area contributed by atoms with Gasteiger partial charge in [0.15, 0.2) is 0 Å². The number of anilines is 1. The van der Waals surface area contributed by atoms with E-state index in [9.17, 15) is 9.59 Å². The van der Waals surface area contributed by atoms with E-state index in [-0.39, 0.29) is 11.8 Å². The Morgan fingerprint density at radius 2 is 2.08 bits per heavy atom. The number of carbonyl (C=O) groups excluding carboxylic acids is 2. The molecule has 6 heteroatoms. The number of rotatable bonds is 5. The topological polar surface area (TPSA) is 71.1 Å². The second-order valence-corrected chi connectivity index (χ2v) is 6.99. The van der Waals surface area contributed by atoms with Crippen LogP contribution in [-0.2, 0) is 16.0 Å². The maximum Gasteiger partial charge on any atom is 0.226 e. The number of thiazole rings is 1. The van der Waals surface area contributed by atoms with Gasteiger partial charge in [-0.1, -0.05) is 25.0 Å². The molecule has 1 aromatic carbocycles. The summed E-state index contributed by atoms with van der Waals surface area (Å²) in [5.41, 5.74) is 2.47. The molecule has 0 radical (unpaired) electrons. The zero-order chi connectivity index (χ0) is 16.9. The molecule has 126 valence electrons. The van der Waals surface area contributed by atoms with Gasteiger partial charge < -0.3 is 10.6 Å². The molecule has 0 aliphatic heterocycles. The van der Waals surface area contributed by atoms with Gasteiger partial charge in [-0.3, -0.25) is 9.59 Å². The van der Waals surface area contributed by atoms with Crippen LogP contribution in [0.3, 0.4) is 0 Å². The van der Waals surface area contributed by atoms with Gasteiger partial charge in [0.2, 0.25) is 11.8 Å². The standard InChI is InChI=1S/C18H21N3O2S/c1-12(22)19-15-8-4-5-13(9-15)18-21-16(11-24-18)10-17(23)20-14-6-2-3-7-14/h4-5,8-9,11,14H,2-3,6-7,10H2,1H3,(H,19,22)(H,20,23). The van der Waals surface area contributed by atoms with Crippen LogP contribution in [-0.4, -0.2) is 22.8 Å². The first-order valence-electron chi connectivity index (χ1n) is 8.22. The van der Waals surface area contributed by atoms with E-state index in [1.54, 1.807) is 0 Å². The fourth-order valence-electron chi connectivity index (χ4n) is 2.97. The minimum absolute atomic E-state index is 0.0470. The van der Waals surface area contributed by atoms with Gasteiger partial charge in [0, 0.05) is 29.6 Å². The smallest absolute Gasteiger partial charge is 0.226 e. The molecule has 24 heavy (non-hydrogen) atoms. The summed E-state index contributed by atoms with van der Waals surface area (Å²) in [6.45, 7) is 1.48. The molecule has 2 aromatic rings. The number of carbonyl (C=O) groups is 2. The number of benzene rings is 1. The molecule has 5 nitrogen and oxygen atoms in total. The van der Waals surface area contributed by atoms with Crippen molar-refractivity contribution in [3.8, 4) is 10.6 Å². The number of nitrogens with zero attached hydrogens (tertiary/aromatic N) is 1. The van der Waals surface area contributed by atoms with Crippen LogP contribution < -0.4 is 10.6 Å². The van der Waals surface area contributed by atoms with Crippen molar-refractivity contribution in [3.63, 3.8) is 0 Å². The van der Waals surface area contributed by atoms with Crippen molar-refractivity contribution in [3.05, 3.63) is 35.3 Å². The average molecular weight is 343 g/mol. The zero-order valence-electron chi connectivity index (χ0n) is 13.7. The van der Waals surface area contributed by atoms with Crippen molar-refractivity contribution in [2.24, 2.45) is 0 Å². The third-order valence-corrected chi connectivity index (χ3v) is 4.98. The SMILES string of the molecule is CC(=O)Nc1cccc(-c2nc(CC(=O)NC3CCCC3)cs2)c1. The molecule has 3 rings (SSSR count). The van der Waals surface area contributed by atoms with E-state index in [4.69, 9.17) is 0 Å². The Labute approximate surface area is 145 Å². The molecule has 2 N–H and O–H groups in total. The molecular formula is C18H21N3O2S. The first kappa shape index (κ1) is 16.6. The van der Waals surface area contributed by atoms with E-state index < -0.39 is 0 Å². The van der Waals surface area contributed by atoms with Crippen LogP contribution in [0.15, 0.2) is 29.6 Å². The fraction of sp³-hybridized carbons (Fsp3) is 0.389. The van der Waals surface area contributed by atoms with Gasteiger partial charge in [0.05, 0.1) is 12.1 Å². The third kappa shape index (κ3) is 4.41. The van der Waals surface area contributed by atoms with E-state index in [1.807, 2.05) is 29.6 Å². The lowest BCUT2D eigenvalue weighted by atomic mass is 10.2. The molecule has 0 bridgehead atoms. The fourth-order valence-corrected chi connectivity index (χ4v) is 3.78. The number of nitrogens with one attached hydrogen (secondary N) is 2. The van der Waals surface area contributed by atoms with Crippen LogP contribution in [0, 0.1) is 0 Å². The summed E-state index contributed by atoms with van der Waals surface area (Å²) in [7, 11) is 0. The monoisotopic (exact) mass is 343 g/mol.